The van der Waals surface area contributed by atoms with Crippen LogP contribution in [0.2, 0.25) is 0 Å². The van der Waals surface area contributed by atoms with Crippen molar-refractivity contribution in [2.45, 2.75) is 39.7 Å². The molecule has 1 aromatic heterocycles. The number of rotatable bonds is 6. The van der Waals surface area contributed by atoms with E-state index in [-0.39, 0.29) is 0 Å². The van der Waals surface area contributed by atoms with Gasteiger partial charge in [-0.1, -0.05) is 45.0 Å². The molecule has 0 saturated heterocycles. The van der Waals surface area contributed by atoms with Gasteiger partial charge in [-0.05, 0) is 47.5 Å². The summed E-state index contributed by atoms with van der Waals surface area (Å²) in [6, 6.07) is 11.6. The largest absolute Gasteiger partial charge is 0.306 e. The summed E-state index contributed by atoms with van der Waals surface area (Å²) in [5.41, 5.74) is 4.35. The Kier molecular flexibility index (Phi) is 5.17. The van der Waals surface area contributed by atoms with Crippen LogP contribution in [-0.2, 0) is 12.8 Å². The minimum atomic E-state index is 0.334. The molecule has 19 heavy (non-hydrogen) atoms. The van der Waals surface area contributed by atoms with E-state index in [0.29, 0.717) is 6.04 Å². The average Bonchev–Trinajstić information content (AvgIpc) is 2.98. The van der Waals surface area contributed by atoms with E-state index >= 15 is 0 Å². The first-order valence-electron chi connectivity index (χ1n) is 7.18. The molecule has 0 bridgehead atoms. The lowest BCUT2D eigenvalue weighted by Gasteiger charge is -2.19. The normalized spacial score (nSPS) is 12.6. The predicted octanol–water partition coefficient (Wildman–Crippen LogP) is 4.57. The summed E-state index contributed by atoms with van der Waals surface area (Å²) in [6.45, 7) is 7.63. The average molecular weight is 273 g/mol. The van der Waals surface area contributed by atoms with Crippen LogP contribution >= 0.6 is 11.3 Å². The van der Waals surface area contributed by atoms with Gasteiger partial charge >= 0.3 is 0 Å². The zero-order valence-electron chi connectivity index (χ0n) is 12.1. The van der Waals surface area contributed by atoms with E-state index in [9.17, 15) is 0 Å². The third kappa shape index (κ3) is 3.26. The topological polar surface area (TPSA) is 12.0 Å². The first kappa shape index (κ1) is 14.3. The molecule has 1 atom stereocenters. The van der Waals surface area contributed by atoms with Gasteiger partial charge in [-0.25, -0.2) is 0 Å². The van der Waals surface area contributed by atoms with Crippen molar-refractivity contribution in [3.05, 3.63) is 57.3 Å². The highest BCUT2D eigenvalue weighted by Crippen LogP contribution is 2.27. The van der Waals surface area contributed by atoms with Crippen LogP contribution in [0.3, 0.4) is 0 Å². The Morgan fingerprint density at radius 1 is 1.05 bits per heavy atom. The van der Waals surface area contributed by atoms with E-state index in [1.807, 2.05) is 11.3 Å². The van der Waals surface area contributed by atoms with Gasteiger partial charge < -0.3 is 5.32 Å². The lowest BCUT2D eigenvalue weighted by atomic mass is 9.96. The number of hydrogen-bond acceptors (Lipinski definition) is 2. The third-order valence-corrected chi connectivity index (χ3v) is 4.50. The summed E-state index contributed by atoms with van der Waals surface area (Å²) < 4.78 is 0. The first-order valence-corrected chi connectivity index (χ1v) is 8.06. The standard InChI is InChI=1S/C17H23NS/c1-4-13-9-10-15(12-14(13)5-2)17(18-6-3)16-8-7-11-19-16/h7-12,17-18H,4-6H2,1-3H3. The Hall–Kier alpha value is -1.12. The predicted molar refractivity (Wildman–Crippen MR) is 85.0 cm³/mol. The van der Waals surface area contributed by atoms with Gasteiger partial charge in [-0.3, -0.25) is 0 Å². The van der Waals surface area contributed by atoms with E-state index in [0.717, 1.165) is 19.4 Å². The molecule has 0 radical (unpaired) electrons. The third-order valence-electron chi connectivity index (χ3n) is 3.56. The Bertz CT molecular complexity index is 502. The highest BCUT2D eigenvalue weighted by Gasteiger charge is 2.14. The molecule has 1 aromatic carbocycles. The second-order valence-corrected chi connectivity index (χ2v) is 5.72. The lowest BCUT2D eigenvalue weighted by molar-refractivity contribution is 0.638. The molecule has 0 amide bonds. The number of nitrogens with one attached hydrogen (secondary N) is 1. The Morgan fingerprint density at radius 3 is 2.42 bits per heavy atom. The van der Waals surface area contributed by atoms with Crippen LogP contribution in [-0.4, -0.2) is 6.54 Å². The monoisotopic (exact) mass is 273 g/mol. The van der Waals surface area contributed by atoms with E-state index in [4.69, 9.17) is 0 Å². The Balaban J connectivity index is 2.37. The fourth-order valence-corrected chi connectivity index (χ4v) is 3.37. The van der Waals surface area contributed by atoms with E-state index < -0.39 is 0 Å². The highest BCUT2D eigenvalue weighted by molar-refractivity contribution is 7.10. The van der Waals surface area contributed by atoms with Crippen LogP contribution in [0.5, 0.6) is 0 Å². The number of hydrogen-bond donors (Lipinski definition) is 1. The molecule has 0 fully saturated rings. The molecular formula is C17H23NS. The maximum atomic E-state index is 3.60. The Labute approximate surface area is 120 Å². The first-order chi connectivity index (χ1) is 9.30. The molecule has 1 unspecified atom stereocenters. The Morgan fingerprint density at radius 2 is 1.84 bits per heavy atom. The summed E-state index contributed by atoms with van der Waals surface area (Å²) in [5, 5.41) is 5.75. The van der Waals surface area contributed by atoms with Crippen molar-refractivity contribution in [1.29, 1.82) is 0 Å². The SMILES string of the molecule is CCNC(c1ccc(CC)c(CC)c1)c1cccs1. The van der Waals surface area contributed by atoms with Crippen molar-refractivity contribution >= 4 is 11.3 Å². The van der Waals surface area contributed by atoms with Gasteiger partial charge in [0.1, 0.15) is 0 Å². The molecule has 0 saturated carbocycles. The molecule has 0 spiro atoms. The minimum absolute atomic E-state index is 0.334. The van der Waals surface area contributed by atoms with Crippen molar-refractivity contribution in [2.75, 3.05) is 6.54 Å². The number of benzene rings is 1. The van der Waals surface area contributed by atoms with Gasteiger partial charge in [0.05, 0.1) is 6.04 Å². The van der Waals surface area contributed by atoms with Crippen LogP contribution in [0.1, 0.15) is 48.4 Å². The molecule has 0 aliphatic rings. The fourth-order valence-electron chi connectivity index (χ4n) is 2.54. The van der Waals surface area contributed by atoms with Crippen LogP contribution < -0.4 is 5.32 Å². The summed E-state index contributed by atoms with van der Waals surface area (Å²) in [5.74, 6) is 0. The highest BCUT2D eigenvalue weighted by atomic mass is 32.1. The maximum Gasteiger partial charge on any atom is 0.0671 e. The molecule has 0 aliphatic heterocycles. The van der Waals surface area contributed by atoms with Crippen LogP contribution in [0.15, 0.2) is 35.7 Å². The van der Waals surface area contributed by atoms with Crippen molar-refractivity contribution in [1.82, 2.24) is 5.32 Å². The van der Waals surface area contributed by atoms with E-state index in [2.05, 4.69) is 61.8 Å². The van der Waals surface area contributed by atoms with Crippen molar-refractivity contribution in [3.8, 4) is 0 Å². The van der Waals surface area contributed by atoms with Crippen molar-refractivity contribution in [2.24, 2.45) is 0 Å². The van der Waals surface area contributed by atoms with E-state index in [1.165, 1.54) is 21.6 Å². The summed E-state index contributed by atoms with van der Waals surface area (Å²) in [4.78, 5) is 1.40. The number of aryl methyl sites for hydroxylation is 2. The van der Waals surface area contributed by atoms with Gasteiger partial charge in [-0.15, -0.1) is 11.3 Å². The smallest absolute Gasteiger partial charge is 0.0671 e. The molecule has 2 rings (SSSR count). The lowest BCUT2D eigenvalue weighted by Crippen LogP contribution is -2.21. The number of thiophene rings is 1. The fraction of sp³-hybridized carbons (Fsp3) is 0.412. The van der Waals surface area contributed by atoms with Crippen LogP contribution in [0.25, 0.3) is 0 Å². The second kappa shape index (κ2) is 6.88. The molecule has 1 N–H and O–H groups in total. The van der Waals surface area contributed by atoms with Crippen LogP contribution in [0, 0.1) is 0 Å². The zero-order chi connectivity index (χ0) is 13.7. The van der Waals surface area contributed by atoms with Gasteiger partial charge in [-0.2, -0.15) is 0 Å². The van der Waals surface area contributed by atoms with E-state index in [1.54, 1.807) is 0 Å². The van der Waals surface area contributed by atoms with Crippen LogP contribution in [0.4, 0.5) is 0 Å². The molecule has 2 heteroatoms. The zero-order valence-corrected chi connectivity index (χ0v) is 12.9. The maximum absolute atomic E-state index is 3.60. The van der Waals surface area contributed by atoms with Gasteiger partial charge in [0, 0.05) is 4.88 Å². The van der Waals surface area contributed by atoms with Crippen molar-refractivity contribution in [3.63, 3.8) is 0 Å². The van der Waals surface area contributed by atoms with Gasteiger partial charge in [0.2, 0.25) is 0 Å². The minimum Gasteiger partial charge on any atom is -0.306 e. The molecule has 0 aliphatic carbocycles. The summed E-state index contributed by atoms with van der Waals surface area (Å²) in [6.07, 6.45) is 2.23. The van der Waals surface area contributed by atoms with Gasteiger partial charge in [0.25, 0.3) is 0 Å². The molecular weight excluding hydrogens is 250 g/mol. The molecule has 1 heterocycles. The van der Waals surface area contributed by atoms with Crippen molar-refractivity contribution < 1.29 is 0 Å². The molecule has 1 nitrogen and oxygen atoms in total. The quantitative estimate of drug-likeness (QED) is 0.813. The summed E-state index contributed by atoms with van der Waals surface area (Å²) in [7, 11) is 0. The molecule has 2 aromatic rings. The molecule has 102 valence electrons. The van der Waals surface area contributed by atoms with Gasteiger partial charge in [0.15, 0.2) is 0 Å². The second-order valence-electron chi connectivity index (χ2n) is 4.74. The summed E-state index contributed by atoms with van der Waals surface area (Å²) >= 11 is 1.83.